The molecular weight excluding hydrogens is 142 g/mol. The van der Waals surface area contributed by atoms with Gasteiger partial charge in [0.05, 0.1) is 5.71 Å². The van der Waals surface area contributed by atoms with Crippen LogP contribution in [-0.4, -0.2) is 21.9 Å². The van der Waals surface area contributed by atoms with E-state index >= 15 is 0 Å². The number of nitrogens with zero attached hydrogens (tertiary/aromatic N) is 1. The van der Waals surface area contributed by atoms with Crippen molar-refractivity contribution in [2.24, 2.45) is 10.6 Å². The van der Waals surface area contributed by atoms with E-state index in [1.165, 1.54) is 0 Å². The molecule has 62 valence electrons. The lowest BCUT2D eigenvalue weighted by Crippen LogP contribution is -2.10. The zero-order valence-corrected chi connectivity index (χ0v) is 6.60. The SMILES string of the molecule is CC(CC(C)(C)C)=NO.[SiH4]. The molecular formula is C7H19NOSi. The Hall–Kier alpha value is -0.313. The molecule has 0 aliphatic rings. The molecule has 0 spiro atoms. The highest BCUT2D eigenvalue weighted by molar-refractivity contribution is 5.81. The Morgan fingerprint density at radius 3 is 1.90 bits per heavy atom. The minimum Gasteiger partial charge on any atom is -0.411 e. The molecule has 3 heteroatoms. The van der Waals surface area contributed by atoms with Gasteiger partial charge in [-0.25, -0.2) is 0 Å². The van der Waals surface area contributed by atoms with Gasteiger partial charge in [-0.2, -0.15) is 0 Å². The molecule has 0 fully saturated rings. The van der Waals surface area contributed by atoms with Crippen molar-refractivity contribution in [1.29, 1.82) is 0 Å². The van der Waals surface area contributed by atoms with Crippen LogP contribution in [0.25, 0.3) is 0 Å². The van der Waals surface area contributed by atoms with Crippen LogP contribution in [0.15, 0.2) is 5.16 Å². The van der Waals surface area contributed by atoms with Gasteiger partial charge in [-0.3, -0.25) is 0 Å². The average molecular weight is 161 g/mol. The quantitative estimate of drug-likeness (QED) is 0.263. The third-order valence-electron chi connectivity index (χ3n) is 0.957. The summed E-state index contributed by atoms with van der Waals surface area (Å²) >= 11 is 0. The van der Waals surface area contributed by atoms with Gasteiger partial charge in [0.15, 0.2) is 0 Å². The zero-order valence-electron chi connectivity index (χ0n) is 6.60. The van der Waals surface area contributed by atoms with Crippen molar-refractivity contribution in [2.75, 3.05) is 0 Å². The van der Waals surface area contributed by atoms with Gasteiger partial charge in [-0.1, -0.05) is 25.9 Å². The summed E-state index contributed by atoms with van der Waals surface area (Å²) in [6.45, 7) is 8.16. The van der Waals surface area contributed by atoms with Crippen molar-refractivity contribution in [3.63, 3.8) is 0 Å². The van der Waals surface area contributed by atoms with E-state index in [-0.39, 0.29) is 16.4 Å². The summed E-state index contributed by atoms with van der Waals surface area (Å²) in [5, 5.41) is 11.4. The maximum atomic E-state index is 8.29. The lowest BCUT2D eigenvalue weighted by molar-refractivity contribution is 0.312. The molecule has 0 unspecified atom stereocenters. The van der Waals surface area contributed by atoms with Crippen LogP contribution in [-0.2, 0) is 0 Å². The third-order valence-corrected chi connectivity index (χ3v) is 0.957. The normalized spacial score (nSPS) is 12.6. The molecule has 0 heterocycles. The smallest absolute Gasteiger partial charge is 0.0545 e. The molecule has 0 aliphatic carbocycles. The fourth-order valence-corrected chi connectivity index (χ4v) is 0.803. The first-order chi connectivity index (χ1) is 3.95. The zero-order chi connectivity index (χ0) is 7.49. The molecule has 0 saturated heterocycles. The third kappa shape index (κ3) is 7.69. The number of hydrogen-bond acceptors (Lipinski definition) is 2. The maximum Gasteiger partial charge on any atom is 0.0545 e. The molecule has 0 aliphatic heterocycles. The monoisotopic (exact) mass is 161 g/mol. The minimum absolute atomic E-state index is 0. The second-order valence-electron chi connectivity index (χ2n) is 3.57. The van der Waals surface area contributed by atoms with Gasteiger partial charge in [-0.05, 0) is 29.7 Å². The minimum atomic E-state index is 0. The van der Waals surface area contributed by atoms with E-state index in [2.05, 4.69) is 25.9 Å². The molecule has 0 saturated carbocycles. The van der Waals surface area contributed by atoms with Crippen molar-refractivity contribution in [2.45, 2.75) is 34.1 Å². The molecule has 0 bridgehead atoms. The Kier molecular flexibility index (Phi) is 5.56. The number of oxime groups is 1. The van der Waals surface area contributed by atoms with Gasteiger partial charge in [0.1, 0.15) is 0 Å². The van der Waals surface area contributed by atoms with Crippen molar-refractivity contribution >= 4 is 16.7 Å². The predicted molar refractivity (Wildman–Crippen MR) is 50.3 cm³/mol. The van der Waals surface area contributed by atoms with E-state index in [9.17, 15) is 0 Å². The summed E-state index contributed by atoms with van der Waals surface area (Å²) in [5.74, 6) is 0. The lowest BCUT2D eigenvalue weighted by Gasteiger charge is -2.16. The van der Waals surface area contributed by atoms with Gasteiger partial charge in [0.2, 0.25) is 0 Å². The second-order valence-corrected chi connectivity index (χ2v) is 3.57. The highest BCUT2D eigenvalue weighted by Gasteiger charge is 2.11. The summed E-state index contributed by atoms with van der Waals surface area (Å²) < 4.78 is 0. The summed E-state index contributed by atoms with van der Waals surface area (Å²) in [5.41, 5.74) is 1.03. The molecule has 0 rings (SSSR count). The van der Waals surface area contributed by atoms with Crippen molar-refractivity contribution in [3.05, 3.63) is 0 Å². The molecule has 0 aromatic carbocycles. The fourth-order valence-electron chi connectivity index (χ4n) is 0.803. The highest BCUT2D eigenvalue weighted by Crippen LogP contribution is 2.18. The Morgan fingerprint density at radius 2 is 1.80 bits per heavy atom. The van der Waals surface area contributed by atoms with Crippen LogP contribution in [0.1, 0.15) is 34.1 Å². The molecule has 0 aromatic rings. The molecule has 10 heavy (non-hydrogen) atoms. The molecule has 2 nitrogen and oxygen atoms in total. The largest absolute Gasteiger partial charge is 0.411 e. The maximum absolute atomic E-state index is 8.29. The van der Waals surface area contributed by atoms with Gasteiger partial charge in [0, 0.05) is 0 Å². The topological polar surface area (TPSA) is 32.6 Å². The number of rotatable bonds is 1. The van der Waals surface area contributed by atoms with Crippen LogP contribution in [0.2, 0.25) is 0 Å². The van der Waals surface area contributed by atoms with Crippen LogP contribution in [0.3, 0.4) is 0 Å². The van der Waals surface area contributed by atoms with Crippen molar-refractivity contribution < 1.29 is 5.21 Å². The van der Waals surface area contributed by atoms with Gasteiger partial charge < -0.3 is 5.21 Å². The molecule has 0 atom stereocenters. The summed E-state index contributed by atoms with van der Waals surface area (Å²) in [7, 11) is 0. The van der Waals surface area contributed by atoms with E-state index in [0.29, 0.717) is 0 Å². The second kappa shape index (κ2) is 4.49. The van der Waals surface area contributed by atoms with E-state index in [4.69, 9.17) is 5.21 Å². The first-order valence-corrected chi connectivity index (χ1v) is 3.13. The molecule has 1 N–H and O–H groups in total. The fraction of sp³-hybridized carbons (Fsp3) is 0.857. The van der Waals surface area contributed by atoms with Crippen LogP contribution in [0, 0.1) is 5.41 Å². The summed E-state index contributed by atoms with van der Waals surface area (Å²) in [4.78, 5) is 0. The molecule has 0 amide bonds. The van der Waals surface area contributed by atoms with Crippen molar-refractivity contribution in [3.8, 4) is 0 Å². The average Bonchev–Trinajstić information content (AvgIpc) is 1.62. The van der Waals surface area contributed by atoms with E-state index in [1.807, 2.05) is 6.92 Å². The van der Waals surface area contributed by atoms with Gasteiger partial charge in [0.25, 0.3) is 0 Å². The Bertz CT molecular complexity index is 115. The van der Waals surface area contributed by atoms with E-state index in [1.54, 1.807) is 0 Å². The summed E-state index contributed by atoms with van der Waals surface area (Å²) in [6, 6.07) is 0. The molecule has 0 aromatic heterocycles. The van der Waals surface area contributed by atoms with Crippen LogP contribution >= 0.6 is 0 Å². The first-order valence-electron chi connectivity index (χ1n) is 3.13. The van der Waals surface area contributed by atoms with E-state index in [0.717, 1.165) is 12.1 Å². The van der Waals surface area contributed by atoms with Crippen LogP contribution < -0.4 is 0 Å². The van der Waals surface area contributed by atoms with Crippen molar-refractivity contribution in [1.82, 2.24) is 0 Å². The lowest BCUT2D eigenvalue weighted by atomic mass is 9.90. The van der Waals surface area contributed by atoms with Crippen LogP contribution in [0.5, 0.6) is 0 Å². The standard InChI is InChI=1S/C7H15NO.H4Si/c1-6(8-9)5-7(2,3)4;/h9H,5H2,1-4H3;1H4. The van der Waals surface area contributed by atoms with Gasteiger partial charge in [-0.15, -0.1) is 0 Å². The van der Waals surface area contributed by atoms with Gasteiger partial charge >= 0.3 is 0 Å². The Balaban J connectivity index is 0. The predicted octanol–water partition coefficient (Wildman–Crippen LogP) is 0.821. The Morgan fingerprint density at radius 1 is 1.40 bits per heavy atom. The van der Waals surface area contributed by atoms with Crippen LogP contribution in [0.4, 0.5) is 0 Å². The first kappa shape index (κ1) is 12.4. The Labute approximate surface area is 67.3 Å². The molecule has 0 radical (unpaired) electrons. The summed E-state index contributed by atoms with van der Waals surface area (Å²) in [6.07, 6.45) is 0.851. The van der Waals surface area contributed by atoms with E-state index < -0.39 is 0 Å². The highest BCUT2D eigenvalue weighted by atomic mass is 28.1. The number of hydrogen-bond donors (Lipinski definition) is 1.